The molecule has 2 aliphatic rings. The van der Waals surface area contributed by atoms with Crippen molar-refractivity contribution in [3.05, 3.63) is 34.9 Å². The van der Waals surface area contributed by atoms with E-state index in [1.165, 1.54) is 23.1 Å². The maximum Gasteiger partial charge on any atom is 0.0725 e. The van der Waals surface area contributed by atoms with Crippen molar-refractivity contribution < 1.29 is 4.74 Å². The third-order valence-electron chi connectivity index (χ3n) is 4.10. The summed E-state index contributed by atoms with van der Waals surface area (Å²) in [6.45, 7) is 3.48. The molecule has 92 valence electrons. The van der Waals surface area contributed by atoms with Gasteiger partial charge >= 0.3 is 0 Å². The van der Waals surface area contributed by atoms with Crippen LogP contribution in [0.4, 0.5) is 0 Å². The molecule has 0 amide bonds. The van der Waals surface area contributed by atoms with E-state index < -0.39 is 0 Å². The Bertz CT molecular complexity index is 419. The summed E-state index contributed by atoms with van der Waals surface area (Å²) >= 11 is 0. The van der Waals surface area contributed by atoms with Crippen LogP contribution in [0.3, 0.4) is 0 Å². The van der Waals surface area contributed by atoms with Crippen LogP contribution in [0.15, 0.2) is 18.2 Å². The summed E-state index contributed by atoms with van der Waals surface area (Å²) in [6.07, 6.45) is 1.19. The summed E-state index contributed by atoms with van der Waals surface area (Å²) in [6, 6.07) is 7.34. The number of hydrogen-bond acceptors (Lipinski definition) is 3. The zero-order valence-electron chi connectivity index (χ0n) is 10.4. The van der Waals surface area contributed by atoms with Crippen molar-refractivity contribution in [3.8, 4) is 0 Å². The second-order valence-corrected chi connectivity index (χ2v) is 5.31. The molecule has 2 atom stereocenters. The molecule has 2 unspecified atom stereocenters. The molecule has 17 heavy (non-hydrogen) atoms. The van der Waals surface area contributed by atoms with Crippen LogP contribution in [0, 0.1) is 5.92 Å². The summed E-state index contributed by atoms with van der Waals surface area (Å²) in [5.41, 5.74) is 9.92. The van der Waals surface area contributed by atoms with E-state index in [1.807, 2.05) is 0 Å². The van der Waals surface area contributed by atoms with Crippen molar-refractivity contribution in [2.24, 2.45) is 11.7 Å². The van der Waals surface area contributed by atoms with Gasteiger partial charge in [-0.3, -0.25) is 4.90 Å². The van der Waals surface area contributed by atoms with E-state index >= 15 is 0 Å². The number of hydrogen-bond donors (Lipinski definition) is 1. The minimum Gasteiger partial charge on any atom is -0.372 e. The number of fused-ring (bicyclic) bond motifs is 1. The number of benzene rings is 1. The molecule has 3 rings (SSSR count). The summed E-state index contributed by atoms with van der Waals surface area (Å²) in [4.78, 5) is 2.43. The van der Waals surface area contributed by atoms with E-state index in [1.54, 1.807) is 0 Å². The molecule has 0 spiro atoms. The highest BCUT2D eigenvalue weighted by molar-refractivity contribution is 5.35. The molecule has 1 aromatic rings. The number of rotatable bonds is 2. The first-order valence-electron chi connectivity index (χ1n) is 6.37. The summed E-state index contributed by atoms with van der Waals surface area (Å²) < 4.78 is 5.47. The molecule has 1 fully saturated rings. The molecule has 1 saturated heterocycles. The molecule has 2 N–H and O–H groups in total. The van der Waals surface area contributed by atoms with Crippen molar-refractivity contribution in [2.75, 3.05) is 20.1 Å². The zero-order chi connectivity index (χ0) is 11.8. The molecule has 0 aliphatic carbocycles. The van der Waals surface area contributed by atoms with E-state index in [0.717, 1.165) is 26.3 Å². The van der Waals surface area contributed by atoms with Gasteiger partial charge in [-0.2, -0.15) is 0 Å². The summed E-state index contributed by atoms with van der Waals surface area (Å²) in [5.74, 6) is 0.648. The highest BCUT2D eigenvalue weighted by Gasteiger charge is 2.30. The molecule has 3 heteroatoms. The quantitative estimate of drug-likeness (QED) is 0.843. The molecule has 3 nitrogen and oxygen atoms in total. The minimum atomic E-state index is 0.537. The van der Waals surface area contributed by atoms with Crippen LogP contribution in [0.2, 0.25) is 0 Å². The Balaban J connectivity index is 1.84. The van der Waals surface area contributed by atoms with Crippen molar-refractivity contribution in [1.82, 2.24) is 4.90 Å². The summed E-state index contributed by atoms with van der Waals surface area (Å²) in [7, 11) is 2.20. The molecular weight excluding hydrogens is 212 g/mol. The van der Waals surface area contributed by atoms with Crippen molar-refractivity contribution in [2.45, 2.75) is 25.7 Å². The normalized spacial score (nSPS) is 28.6. The predicted octanol–water partition coefficient (Wildman–Crippen LogP) is 1.67. The lowest BCUT2D eigenvalue weighted by molar-refractivity contribution is 0.134. The fourth-order valence-electron chi connectivity index (χ4n) is 3.07. The van der Waals surface area contributed by atoms with Crippen molar-refractivity contribution in [3.63, 3.8) is 0 Å². The Hall–Kier alpha value is -0.900. The first-order valence-corrected chi connectivity index (χ1v) is 6.37. The Morgan fingerprint density at radius 2 is 2.18 bits per heavy atom. The highest BCUT2D eigenvalue weighted by atomic mass is 16.5. The molecule has 2 aliphatic heterocycles. The first-order chi connectivity index (χ1) is 8.28. The van der Waals surface area contributed by atoms with Crippen LogP contribution in [0.1, 0.15) is 29.2 Å². The smallest absolute Gasteiger partial charge is 0.0725 e. The molecule has 2 heterocycles. The monoisotopic (exact) mass is 232 g/mol. The average molecular weight is 232 g/mol. The molecule has 0 saturated carbocycles. The van der Waals surface area contributed by atoms with E-state index in [2.05, 4.69) is 30.1 Å². The van der Waals surface area contributed by atoms with E-state index in [4.69, 9.17) is 10.5 Å². The third-order valence-corrected chi connectivity index (χ3v) is 4.10. The lowest BCUT2D eigenvalue weighted by Crippen LogP contribution is -2.20. The predicted molar refractivity (Wildman–Crippen MR) is 67.5 cm³/mol. The minimum absolute atomic E-state index is 0.537. The van der Waals surface area contributed by atoms with Gasteiger partial charge < -0.3 is 10.5 Å². The second kappa shape index (κ2) is 4.41. The second-order valence-electron chi connectivity index (χ2n) is 5.31. The van der Waals surface area contributed by atoms with Crippen LogP contribution in [0.25, 0.3) is 0 Å². The van der Waals surface area contributed by atoms with Gasteiger partial charge in [-0.25, -0.2) is 0 Å². The zero-order valence-corrected chi connectivity index (χ0v) is 10.4. The van der Waals surface area contributed by atoms with Crippen LogP contribution < -0.4 is 5.73 Å². The van der Waals surface area contributed by atoms with Crippen molar-refractivity contribution >= 4 is 0 Å². The number of nitrogens with zero attached hydrogens (tertiary/aromatic N) is 1. The van der Waals surface area contributed by atoms with Gasteiger partial charge in [0.2, 0.25) is 0 Å². The van der Waals surface area contributed by atoms with Crippen LogP contribution >= 0.6 is 0 Å². The first kappa shape index (κ1) is 11.2. The average Bonchev–Trinajstić information content (AvgIpc) is 2.93. The van der Waals surface area contributed by atoms with Gasteiger partial charge in [0.05, 0.1) is 13.2 Å². The van der Waals surface area contributed by atoms with Gasteiger partial charge in [-0.15, -0.1) is 0 Å². The lowest BCUT2D eigenvalue weighted by atomic mass is 9.97. The standard InChI is InChI=1S/C14H20N2O/c1-16-7-10(6-15)4-14(16)11-2-3-12-8-17-9-13(12)5-11/h2-3,5,10,14H,4,6-9,15H2,1H3. The third kappa shape index (κ3) is 1.99. The molecule has 0 aromatic heterocycles. The van der Waals surface area contributed by atoms with Crippen molar-refractivity contribution in [1.29, 1.82) is 0 Å². The van der Waals surface area contributed by atoms with Gasteiger partial charge in [0.15, 0.2) is 0 Å². The fourth-order valence-corrected chi connectivity index (χ4v) is 3.07. The topological polar surface area (TPSA) is 38.5 Å². The Kier molecular flexibility index (Phi) is 2.90. The Labute approximate surface area is 103 Å². The number of likely N-dealkylation sites (tertiary alicyclic amines) is 1. The molecule has 0 radical (unpaired) electrons. The maximum atomic E-state index is 5.78. The van der Waals surface area contributed by atoms with Crippen LogP contribution in [-0.4, -0.2) is 25.0 Å². The van der Waals surface area contributed by atoms with Gasteiger partial charge in [-0.05, 0) is 42.6 Å². The van der Waals surface area contributed by atoms with Crippen LogP contribution in [0.5, 0.6) is 0 Å². The van der Waals surface area contributed by atoms with Gasteiger partial charge in [-0.1, -0.05) is 18.2 Å². The van der Waals surface area contributed by atoms with E-state index in [9.17, 15) is 0 Å². The number of ether oxygens (including phenoxy) is 1. The van der Waals surface area contributed by atoms with Gasteiger partial charge in [0, 0.05) is 12.6 Å². The fraction of sp³-hybridized carbons (Fsp3) is 0.571. The SMILES string of the molecule is CN1CC(CN)CC1c1ccc2c(c1)COC2. The molecule has 0 bridgehead atoms. The highest BCUT2D eigenvalue weighted by Crippen LogP contribution is 2.35. The van der Waals surface area contributed by atoms with Gasteiger partial charge in [0.25, 0.3) is 0 Å². The maximum absolute atomic E-state index is 5.78. The lowest BCUT2D eigenvalue weighted by Gasteiger charge is -2.20. The van der Waals surface area contributed by atoms with Gasteiger partial charge in [0.1, 0.15) is 0 Å². The van der Waals surface area contributed by atoms with E-state index in [0.29, 0.717) is 12.0 Å². The largest absolute Gasteiger partial charge is 0.372 e. The van der Waals surface area contributed by atoms with E-state index in [-0.39, 0.29) is 0 Å². The Morgan fingerprint density at radius 1 is 1.35 bits per heavy atom. The Morgan fingerprint density at radius 3 is 2.94 bits per heavy atom. The van der Waals surface area contributed by atoms with Crippen LogP contribution in [-0.2, 0) is 18.0 Å². The number of nitrogens with two attached hydrogens (primary N) is 1. The molecule has 1 aromatic carbocycles. The summed E-state index contributed by atoms with van der Waals surface area (Å²) in [5, 5.41) is 0. The molecular formula is C14H20N2O.